The Hall–Kier alpha value is -2.23. The van der Waals surface area contributed by atoms with E-state index in [1.807, 2.05) is 19.1 Å². The molecule has 0 N–H and O–H groups in total. The van der Waals surface area contributed by atoms with E-state index >= 15 is 0 Å². The lowest BCUT2D eigenvalue weighted by atomic mass is 9.96. The number of benzene rings is 2. The number of methoxy groups -OCH3 is 1. The van der Waals surface area contributed by atoms with Crippen LogP contribution < -0.4 is 9.64 Å². The summed E-state index contributed by atoms with van der Waals surface area (Å²) in [5.74, 6) is 0.997. The topological polar surface area (TPSA) is 62.6 Å². The molecule has 7 heteroatoms. The molecule has 1 heterocycles. The van der Waals surface area contributed by atoms with Gasteiger partial charge in [-0.2, -0.15) is 5.26 Å². The van der Waals surface area contributed by atoms with Gasteiger partial charge in [0.1, 0.15) is 17.6 Å². The predicted octanol–water partition coefficient (Wildman–Crippen LogP) is 5.67. The minimum Gasteiger partial charge on any atom is -0.454 e. The average Bonchev–Trinajstić information content (AvgIpc) is 2.64. The van der Waals surface area contributed by atoms with Crippen LogP contribution in [-0.2, 0) is 11.2 Å². The normalized spacial score (nSPS) is 15.8. The molecule has 1 unspecified atom stereocenters. The molecule has 2 aromatic rings. The zero-order valence-electron chi connectivity index (χ0n) is 14.3. The smallest absolute Gasteiger partial charge is 0.414 e. The lowest BCUT2D eigenvalue weighted by Gasteiger charge is -2.35. The molecule has 0 spiro atoms. The van der Waals surface area contributed by atoms with Crippen molar-refractivity contribution in [2.45, 2.75) is 25.8 Å². The molecule has 0 saturated carbocycles. The van der Waals surface area contributed by atoms with E-state index in [0.717, 1.165) is 28.6 Å². The molecule has 26 heavy (non-hydrogen) atoms. The van der Waals surface area contributed by atoms with Crippen LogP contribution in [0.25, 0.3) is 0 Å². The number of ether oxygens (including phenoxy) is 2. The van der Waals surface area contributed by atoms with Crippen molar-refractivity contribution in [1.29, 1.82) is 5.26 Å². The third kappa shape index (κ3) is 3.37. The third-order valence-corrected chi connectivity index (χ3v) is 5.21. The van der Waals surface area contributed by atoms with Crippen molar-refractivity contribution in [3.63, 3.8) is 0 Å². The van der Waals surface area contributed by atoms with Crippen LogP contribution in [0.2, 0.25) is 5.02 Å². The van der Waals surface area contributed by atoms with E-state index in [1.54, 1.807) is 23.1 Å². The van der Waals surface area contributed by atoms with Crippen molar-refractivity contribution >= 4 is 39.3 Å². The van der Waals surface area contributed by atoms with Gasteiger partial charge in [-0.15, -0.1) is 0 Å². The van der Waals surface area contributed by atoms with E-state index in [2.05, 4.69) is 22.0 Å². The lowest BCUT2D eigenvalue weighted by molar-refractivity contribution is 0.175. The SMILES string of the molecule is COC(=O)N1c2ccc(Br)c(Oc3ccc(Cl)cc3C#N)c2CCC1C. The Balaban J connectivity index is 2.09. The average molecular weight is 436 g/mol. The number of nitrogens with zero attached hydrogens (tertiary/aromatic N) is 2. The number of rotatable bonds is 2. The van der Waals surface area contributed by atoms with Crippen LogP contribution in [0, 0.1) is 11.3 Å². The molecule has 1 atom stereocenters. The molecule has 1 aliphatic rings. The van der Waals surface area contributed by atoms with Gasteiger partial charge < -0.3 is 9.47 Å². The van der Waals surface area contributed by atoms with Gasteiger partial charge in [0.25, 0.3) is 0 Å². The van der Waals surface area contributed by atoms with Crippen LogP contribution in [0.4, 0.5) is 10.5 Å². The van der Waals surface area contributed by atoms with Gasteiger partial charge in [0, 0.05) is 16.6 Å². The second-order valence-corrected chi connectivity index (χ2v) is 7.25. The van der Waals surface area contributed by atoms with E-state index in [-0.39, 0.29) is 6.04 Å². The van der Waals surface area contributed by atoms with Gasteiger partial charge in [-0.05, 0) is 66.0 Å². The van der Waals surface area contributed by atoms with Crippen molar-refractivity contribution in [2.24, 2.45) is 0 Å². The quantitative estimate of drug-likeness (QED) is 0.609. The number of fused-ring (bicyclic) bond motifs is 1. The number of nitriles is 1. The summed E-state index contributed by atoms with van der Waals surface area (Å²) in [6.45, 7) is 1.98. The van der Waals surface area contributed by atoms with Crippen LogP contribution in [-0.4, -0.2) is 19.2 Å². The Labute approximate surface area is 165 Å². The highest BCUT2D eigenvalue weighted by molar-refractivity contribution is 9.10. The molecule has 0 radical (unpaired) electrons. The number of hydrogen-bond acceptors (Lipinski definition) is 4. The van der Waals surface area contributed by atoms with Gasteiger partial charge in [0.15, 0.2) is 0 Å². The van der Waals surface area contributed by atoms with E-state index in [4.69, 9.17) is 21.1 Å². The summed E-state index contributed by atoms with van der Waals surface area (Å²) in [6, 6.07) is 10.7. The molecular formula is C19H16BrClN2O3. The van der Waals surface area contributed by atoms with Crippen molar-refractivity contribution in [3.05, 3.63) is 51.0 Å². The van der Waals surface area contributed by atoms with Gasteiger partial charge in [-0.1, -0.05) is 11.6 Å². The summed E-state index contributed by atoms with van der Waals surface area (Å²) in [4.78, 5) is 13.9. The number of halogens is 2. The molecular weight excluding hydrogens is 420 g/mol. The third-order valence-electron chi connectivity index (χ3n) is 4.35. The van der Waals surface area contributed by atoms with Crippen molar-refractivity contribution in [3.8, 4) is 17.6 Å². The summed E-state index contributed by atoms with van der Waals surface area (Å²) in [5.41, 5.74) is 1.99. The zero-order chi connectivity index (χ0) is 18.8. The minimum absolute atomic E-state index is 0.0224. The van der Waals surface area contributed by atoms with Gasteiger partial charge in [-0.25, -0.2) is 4.79 Å². The van der Waals surface area contributed by atoms with Crippen molar-refractivity contribution < 1.29 is 14.3 Å². The molecule has 3 rings (SSSR count). The highest BCUT2D eigenvalue weighted by Gasteiger charge is 2.32. The van der Waals surface area contributed by atoms with Crippen molar-refractivity contribution in [1.82, 2.24) is 0 Å². The first-order valence-corrected chi connectivity index (χ1v) is 9.19. The minimum atomic E-state index is -0.407. The Kier molecular flexibility index (Phi) is 5.40. The fourth-order valence-electron chi connectivity index (χ4n) is 3.05. The molecule has 5 nitrogen and oxygen atoms in total. The van der Waals surface area contributed by atoms with Crippen LogP contribution >= 0.6 is 27.5 Å². The van der Waals surface area contributed by atoms with Crippen molar-refractivity contribution in [2.75, 3.05) is 12.0 Å². The molecule has 2 aromatic carbocycles. The number of carbonyl (C=O) groups excluding carboxylic acids is 1. The molecule has 0 bridgehead atoms. The molecule has 1 amide bonds. The summed E-state index contributed by atoms with van der Waals surface area (Å²) in [7, 11) is 1.37. The first kappa shape index (κ1) is 18.6. The largest absolute Gasteiger partial charge is 0.454 e. The lowest BCUT2D eigenvalue weighted by Crippen LogP contribution is -2.42. The monoisotopic (exact) mass is 434 g/mol. The summed E-state index contributed by atoms with van der Waals surface area (Å²) in [5, 5.41) is 9.81. The predicted molar refractivity (Wildman–Crippen MR) is 103 cm³/mol. The molecule has 1 aliphatic heterocycles. The maximum Gasteiger partial charge on any atom is 0.414 e. The molecule has 0 saturated heterocycles. The maximum atomic E-state index is 12.2. The highest BCUT2D eigenvalue weighted by atomic mass is 79.9. The number of hydrogen-bond donors (Lipinski definition) is 0. The van der Waals surface area contributed by atoms with E-state index in [1.165, 1.54) is 7.11 Å². The molecule has 0 aliphatic carbocycles. The Morgan fingerprint density at radius 2 is 2.15 bits per heavy atom. The Bertz CT molecular complexity index is 910. The molecule has 0 aromatic heterocycles. The molecule has 134 valence electrons. The first-order chi connectivity index (χ1) is 12.5. The van der Waals surface area contributed by atoms with E-state index in [9.17, 15) is 10.1 Å². The van der Waals surface area contributed by atoms with Gasteiger partial charge >= 0.3 is 6.09 Å². The van der Waals surface area contributed by atoms with Gasteiger partial charge in [0.05, 0.1) is 22.8 Å². The Morgan fingerprint density at radius 3 is 2.85 bits per heavy atom. The van der Waals surface area contributed by atoms with Crippen LogP contribution in [0.5, 0.6) is 11.5 Å². The number of amides is 1. The second kappa shape index (κ2) is 7.56. The van der Waals surface area contributed by atoms with E-state index < -0.39 is 6.09 Å². The molecule has 0 fully saturated rings. The fourth-order valence-corrected chi connectivity index (χ4v) is 3.68. The Morgan fingerprint density at radius 1 is 1.38 bits per heavy atom. The summed E-state index contributed by atoms with van der Waals surface area (Å²) in [6.07, 6.45) is 1.12. The first-order valence-electron chi connectivity index (χ1n) is 8.02. The number of carbonyl (C=O) groups is 1. The summed E-state index contributed by atoms with van der Waals surface area (Å²) < 4.78 is 11.8. The van der Waals surface area contributed by atoms with Crippen LogP contribution in [0.15, 0.2) is 34.8 Å². The van der Waals surface area contributed by atoms with E-state index in [0.29, 0.717) is 22.1 Å². The fraction of sp³-hybridized carbons (Fsp3) is 0.263. The standard InChI is InChI=1S/C19H16BrClN2O3/c1-11-3-5-14-16(23(11)19(24)25-2)7-6-15(20)18(14)26-17-8-4-13(21)9-12(17)10-22/h4,6-9,11H,3,5H2,1-2H3. The second-order valence-electron chi connectivity index (χ2n) is 5.96. The summed E-state index contributed by atoms with van der Waals surface area (Å²) >= 11 is 9.47. The van der Waals surface area contributed by atoms with Crippen LogP contribution in [0.1, 0.15) is 24.5 Å². The maximum absolute atomic E-state index is 12.2. The highest BCUT2D eigenvalue weighted by Crippen LogP contribution is 2.43. The number of anilines is 1. The van der Waals surface area contributed by atoms with Gasteiger partial charge in [-0.3, -0.25) is 4.90 Å². The van der Waals surface area contributed by atoms with Crippen LogP contribution in [0.3, 0.4) is 0 Å². The zero-order valence-corrected chi connectivity index (χ0v) is 16.6. The van der Waals surface area contributed by atoms with Gasteiger partial charge in [0.2, 0.25) is 0 Å².